The highest BCUT2D eigenvalue weighted by Crippen LogP contribution is 2.38. The quantitative estimate of drug-likeness (QED) is 0.604. The van der Waals surface area contributed by atoms with E-state index in [2.05, 4.69) is 9.97 Å². The van der Waals surface area contributed by atoms with Crippen molar-refractivity contribution in [3.63, 3.8) is 0 Å². The van der Waals surface area contributed by atoms with E-state index in [9.17, 15) is 23.3 Å². The largest absolute Gasteiger partial charge is 0.433 e. The van der Waals surface area contributed by atoms with Crippen LogP contribution in [0.2, 0.25) is 5.02 Å². The molecule has 1 saturated heterocycles. The number of nitrogens with two attached hydrogens (primary N) is 1. The molecule has 0 radical (unpaired) electrons. The Bertz CT molecular complexity index is 870. The maximum atomic E-state index is 12.6. The van der Waals surface area contributed by atoms with Crippen LogP contribution in [0.25, 0.3) is 0 Å². The van der Waals surface area contributed by atoms with Gasteiger partial charge in [0.15, 0.2) is 0 Å². The number of hydrogen-bond acceptors (Lipinski definition) is 7. The molecule has 0 spiro atoms. The number of pyridine rings is 2. The Hall–Kier alpha value is -2.66. The standard InChI is InChI=1S/C16H16ClF3N6O2/c17-11-8-23-15(21)14(26(27)28)13(11)25-5-3-24(4-6-25)9-10-1-2-12(22-7-10)16(18,19)20/h1-2,7-8H,3-6,9H2,(H2,21,23). The molecule has 2 aromatic rings. The van der Waals surface area contributed by atoms with Gasteiger partial charge in [0.05, 0.1) is 16.1 Å². The summed E-state index contributed by atoms with van der Waals surface area (Å²) in [6.07, 6.45) is -1.98. The normalized spacial score (nSPS) is 15.6. The zero-order valence-electron chi connectivity index (χ0n) is 14.5. The van der Waals surface area contributed by atoms with Crippen molar-refractivity contribution < 1.29 is 18.1 Å². The molecule has 0 bridgehead atoms. The SMILES string of the molecule is Nc1ncc(Cl)c(N2CCN(Cc3ccc(C(F)(F)F)nc3)CC2)c1[N+](=O)[O-]. The van der Waals surface area contributed by atoms with Gasteiger partial charge < -0.3 is 10.6 Å². The molecule has 150 valence electrons. The van der Waals surface area contributed by atoms with Crippen molar-refractivity contribution in [1.29, 1.82) is 0 Å². The lowest BCUT2D eigenvalue weighted by Gasteiger charge is -2.36. The molecular weight excluding hydrogens is 401 g/mol. The molecule has 3 rings (SSSR count). The van der Waals surface area contributed by atoms with E-state index in [1.54, 1.807) is 4.90 Å². The molecule has 0 saturated carbocycles. The van der Waals surface area contributed by atoms with Crippen molar-refractivity contribution in [2.75, 3.05) is 36.8 Å². The molecule has 28 heavy (non-hydrogen) atoms. The third-order valence-electron chi connectivity index (χ3n) is 4.40. The molecule has 0 aromatic carbocycles. The molecule has 0 atom stereocenters. The Morgan fingerprint density at radius 3 is 2.39 bits per heavy atom. The van der Waals surface area contributed by atoms with E-state index < -0.39 is 16.8 Å². The fourth-order valence-corrected chi connectivity index (χ4v) is 3.30. The molecule has 1 aliphatic rings. The number of nitrogens with zero attached hydrogens (tertiary/aromatic N) is 5. The zero-order valence-corrected chi connectivity index (χ0v) is 15.2. The number of anilines is 2. The van der Waals surface area contributed by atoms with E-state index in [0.29, 0.717) is 38.3 Å². The van der Waals surface area contributed by atoms with E-state index in [1.165, 1.54) is 18.5 Å². The number of piperazine rings is 1. The molecule has 2 aromatic heterocycles. The first-order valence-corrected chi connectivity index (χ1v) is 8.62. The van der Waals surface area contributed by atoms with Crippen LogP contribution in [0.15, 0.2) is 24.5 Å². The van der Waals surface area contributed by atoms with Gasteiger partial charge in [-0.05, 0) is 11.6 Å². The van der Waals surface area contributed by atoms with E-state index in [4.69, 9.17) is 17.3 Å². The number of aromatic nitrogens is 2. The van der Waals surface area contributed by atoms with Crippen LogP contribution in [-0.4, -0.2) is 46.0 Å². The summed E-state index contributed by atoms with van der Waals surface area (Å²) in [5.41, 5.74) is 5.26. The first kappa shape index (κ1) is 20.1. The Kier molecular flexibility index (Phi) is 5.57. The van der Waals surface area contributed by atoms with Crippen molar-refractivity contribution in [2.45, 2.75) is 12.7 Å². The number of hydrogen-bond donors (Lipinski definition) is 1. The molecule has 0 aliphatic carbocycles. The Morgan fingerprint density at radius 2 is 1.86 bits per heavy atom. The summed E-state index contributed by atoms with van der Waals surface area (Å²) in [5.74, 6) is -0.206. The van der Waals surface area contributed by atoms with Gasteiger partial charge >= 0.3 is 11.9 Å². The van der Waals surface area contributed by atoms with E-state index in [-0.39, 0.29) is 22.2 Å². The van der Waals surface area contributed by atoms with Gasteiger partial charge in [-0.1, -0.05) is 17.7 Å². The summed E-state index contributed by atoms with van der Waals surface area (Å²) in [4.78, 5) is 21.7. The summed E-state index contributed by atoms with van der Waals surface area (Å²) in [6.45, 7) is 2.39. The minimum Gasteiger partial charge on any atom is -0.378 e. The molecule has 0 unspecified atom stereocenters. The molecule has 12 heteroatoms. The first-order chi connectivity index (χ1) is 13.2. The highest BCUT2D eigenvalue weighted by atomic mass is 35.5. The minimum atomic E-state index is -4.47. The number of rotatable bonds is 4. The van der Waals surface area contributed by atoms with Crippen LogP contribution in [0, 0.1) is 10.1 Å². The van der Waals surface area contributed by atoms with Crippen LogP contribution in [0.1, 0.15) is 11.3 Å². The maximum Gasteiger partial charge on any atom is 0.433 e. The third kappa shape index (κ3) is 4.25. The van der Waals surface area contributed by atoms with Crippen LogP contribution in [0.3, 0.4) is 0 Å². The van der Waals surface area contributed by atoms with Gasteiger partial charge in [0.2, 0.25) is 5.82 Å². The predicted octanol–water partition coefficient (Wildman–Crippen LogP) is 2.96. The van der Waals surface area contributed by atoms with E-state index in [0.717, 1.165) is 6.07 Å². The predicted molar refractivity (Wildman–Crippen MR) is 97.0 cm³/mol. The molecule has 2 N–H and O–H groups in total. The van der Waals surface area contributed by atoms with Gasteiger partial charge in [-0.3, -0.25) is 20.0 Å². The second-order valence-corrected chi connectivity index (χ2v) is 6.67. The van der Waals surface area contributed by atoms with Gasteiger partial charge in [-0.2, -0.15) is 13.2 Å². The Balaban J connectivity index is 1.67. The fraction of sp³-hybridized carbons (Fsp3) is 0.375. The maximum absolute atomic E-state index is 12.6. The molecule has 3 heterocycles. The van der Waals surface area contributed by atoms with Crippen molar-refractivity contribution in [1.82, 2.24) is 14.9 Å². The van der Waals surface area contributed by atoms with Gasteiger partial charge in [-0.25, -0.2) is 4.98 Å². The summed E-state index contributed by atoms with van der Waals surface area (Å²) in [7, 11) is 0. The highest BCUT2D eigenvalue weighted by molar-refractivity contribution is 6.33. The highest BCUT2D eigenvalue weighted by Gasteiger charge is 2.32. The number of alkyl halides is 3. The lowest BCUT2D eigenvalue weighted by molar-refractivity contribution is -0.383. The summed E-state index contributed by atoms with van der Waals surface area (Å²) < 4.78 is 37.7. The molecule has 1 aliphatic heterocycles. The van der Waals surface area contributed by atoms with Crippen LogP contribution in [0.5, 0.6) is 0 Å². The lowest BCUT2D eigenvalue weighted by atomic mass is 10.2. The van der Waals surface area contributed by atoms with Crippen molar-refractivity contribution >= 4 is 28.8 Å². The van der Waals surface area contributed by atoms with Gasteiger partial charge in [0.1, 0.15) is 11.4 Å². The van der Waals surface area contributed by atoms with Gasteiger partial charge in [0, 0.05) is 38.9 Å². The second kappa shape index (κ2) is 7.76. The average Bonchev–Trinajstić information content (AvgIpc) is 2.63. The fourth-order valence-electron chi connectivity index (χ4n) is 3.04. The second-order valence-electron chi connectivity index (χ2n) is 6.26. The van der Waals surface area contributed by atoms with Crippen LogP contribution in [-0.2, 0) is 12.7 Å². The molecule has 0 amide bonds. The summed E-state index contributed by atoms with van der Waals surface area (Å²) in [5, 5.41) is 11.5. The van der Waals surface area contributed by atoms with Gasteiger partial charge in [-0.15, -0.1) is 0 Å². The average molecular weight is 417 g/mol. The van der Waals surface area contributed by atoms with Crippen molar-refractivity contribution in [3.05, 3.63) is 50.9 Å². The Labute approximate surface area is 162 Å². The van der Waals surface area contributed by atoms with Gasteiger partial charge in [0.25, 0.3) is 0 Å². The third-order valence-corrected chi connectivity index (χ3v) is 4.68. The lowest BCUT2D eigenvalue weighted by Crippen LogP contribution is -2.46. The van der Waals surface area contributed by atoms with Crippen LogP contribution in [0.4, 0.5) is 30.4 Å². The summed E-state index contributed by atoms with van der Waals surface area (Å²) >= 11 is 6.12. The van der Waals surface area contributed by atoms with Crippen molar-refractivity contribution in [2.24, 2.45) is 0 Å². The Morgan fingerprint density at radius 1 is 1.18 bits per heavy atom. The molecule has 8 nitrogen and oxygen atoms in total. The van der Waals surface area contributed by atoms with Crippen LogP contribution < -0.4 is 10.6 Å². The minimum absolute atomic E-state index is 0.140. The first-order valence-electron chi connectivity index (χ1n) is 8.24. The topological polar surface area (TPSA) is 101 Å². The van der Waals surface area contributed by atoms with Crippen LogP contribution >= 0.6 is 11.6 Å². The van der Waals surface area contributed by atoms with Crippen molar-refractivity contribution in [3.8, 4) is 0 Å². The number of nitro groups is 1. The summed E-state index contributed by atoms with van der Waals surface area (Å²) in [6, 6.07) is 2.35. The zero-order chi connectivity index (χ0) is 20.5. The monoisotopic (exact) mass is 416 g/mol. The van der Waals surface area contributed by atoms with E-state index in [1.807, 2.05) is 4.90 Å². The van der Waals surface area contributed by atoms with E-state index >= 15 is 0 Å². The smallest absolute Gasteiger partial charge is 0.378 e. The molecule has 1 fully saturated rings. The number of halogens is 4. The molecular formula is C16H16ClF3N6O2. The number of nitrogen functional groups attached to an aromatic ring is 1.